The number of carbonyl (C=O) groups is 1. The Kier molecular flexibility index (Phi) is 5.45. The summed E-state index contributed by atoms with van der Waals surface area (Å²) in [5.74, 6) is 1.34. The molecular formula is C18H27N3O3. The molecule has 2 aliphatic rings. The summed E-state index contributed by atoms with van der Waals surface area (Å²) in [5.41, 5.74) is 1.13. The summed E-state index contributed by atoms with van der Waals surface area (Å²) in [7, 11) is 1.82. The van der Waals surface area contributed by atoms with E-state index in [1.165, 1.54) is 0 Å². The minimum atomic E-state index is -0.0487. The van der Waals surface area contributed by atoms with Crippen LogP contribution in [0.5, 0.6) is 5.75 Å². The van der Waals surface area contributed by atoms with Crippen LogP contribution >= 0.6 is 0 Å². The average Bonchev–Trinajstić information content (AvgIpc) is 3.12. The Hall–Kier alpha value is -1.95. The minimum absolute atomic E-state index is 0.0228. The molecule has 1 fully saturated rings. The molecule has 1 aromatic carbocycles. The summed E-state index contributed by atoms with van der Waals surface area (Å²) in [4.78, 5) is 16.3. The summed E-state index contributed by atoms with van der Waals surface area (Å²) < 4.78 is 11.4. The van der Waals surface area contributed by atoms with Crippen LogP contribution in [0.15, 0.2) is 24.3 Å². The molecule has 0 spiro atoms. The predicted molar refractivity (Wildman–Crippen MR) is 93.7 cm³/mol. The minimum Gasteiger partial charge on any atom is -0.485 e. The highest BCUT2D eigenvalue weighted by molar-refractivity contribution is 5.74. The van der Waals surface area contributed by atoms with Crippen LogP contribution in [0.3, 0.4) is 0 Å². The van der Waals surface area contributed by atoms with Crippen molar-refractivity contribution in [2.75, 3.05) is 51.3 Å². The Morgan fingerprint density at radius 1 is 1.42 bits per heavy atom. The average molecular weight is 333 g/mol. The van der Waals surface area contributed by atoms with Crippen LogP contribution in [0.25, 0.3) is 0 Å². The van der Waals surface area contributed by atoms with Crippen LogP contribution in [-0.2, 0) is 4.74 Å². The van der Waals surface area contributed by atoms with Gasteiger partial charge in [0.15, 0.2) is 0 Å². The number of anilines is 1. The number of hydrogen-bond acceptors (Lipinski definition) is 4. The van der Waals surface area contributed by atoms with Gasteiger partial charge in [0.1, 0.15) is 11.9 Å². The summed E-state index contributed by atoms with van der Waals surface area (Å²) in [6.07, 6.45) is 1.00. The van der Waals surface area contributed by atoms with Crippen molar-refractivity contribution in [3.05, 3.63) is 24.3 Å². The first-order valence-corrected chi connectivity index (χ1v) is 8.74. The standard InChI is InChI=1S/C18H27N3O3/c1-3-21-12-15(24-17-7-5-4-6-16(17)21)11-20(2)18(22)19-10-14-8-9-23-13-14/h4-7,14-15H,3,8-13H2,1-2H3,(H,19,22)/t14-,15+/m1/s1. The number of hydrogen-bond donors (Lipinski definition) is 1. The van der Waals surface area contributed by atoms with Gasteiger partial charge in [0.25, 0.3) is 0 Å². The maximum atomic E-state index is 12.3. The summed E-state index contributed by atoms with van der Waals surface area (Å²) >= 11 is 0. The van der Waals surface area contributed by atoms with Gasteiger partial charge in [-0.05, 0) is 25.5 Å². The van der Waals surface area contributed by atoms with Gasteiger partial charge < -0.3 is 24.6 Å². The van der Waals surface area contributed by atoms with Crippen LogP contribution in [0.4, 0.5) is 10.5 Å². The number of fused-ring (bicyclic) bond motifs is 1. The van der Waals surface area contributed by atoms with Gasteiger partial charge in [0.05, 0.1) is 25.4 Å². The van der Waals surface area contributed by atoms with E-state index in [1.807, 2.05) is 25.2 Å². The lowest BCUT2D eigenvalue weighted by Crippen LogP contribution is -2.49. The molecule has 1 N–H and O–H groups in total. The number of amides is 2. The molecule has 0 unspecified atom stereocenters. The van der Waals surface area contributed by atoms with E-state index in [0.717, 1.165) is 44.2 Å². The van der Waals surface area contributed by atoms with Crippen molar-refractivity contribution >= 4 is 11.7 Å². The maximum absolute atomic E-state index is 12.3. The molecule has 2 amide bonds. The van der Waals surface area contributed by atoms with Crippen LogP contribution in [-0.4, -0.2) is 63.5 Å². The first-order chi connectivity index (χ1) is 11.7. The third-order valence-corrected chi connectivity index (χ3v) is 4.70. The van der Waals surface area contributed by atoms with E-state index in [-0.39, 0.29) is 12.1 Å². The first kappa shape index (κ1) is 16.9. The molecule has 3 rings (SSSR count). The van der Waals surface area contributed by atoms with Crippen molar-refractivity contribution in [1.82, 2.24) is 10.2 Å². The summed E-state index contributed by atoms with van der Waals surface area (Å²) in [6.45, 7) is 6.66. The van der Waals surface area contributed by atoms with Crippen molar-refractivity contribution < 1.29 is 14.3 Å². The normalized spacial score (nSPS) is 22.7. The second kappa shape index (κ2) is 7.75. The van der Waals surface area contributed by atoms with Crippen molar-refractivity contribution in [2.45, 2.75) is 19.4 Å². The topological polar surface area (TPSA) is 54.0 Å². The number of nitrogens with one attached hydrogen (secondary N) is 1. The molecule has 6 heteroatoms. The molecule has 6 nitrogen and oxygen atoms in total. The van der Waals surface area contributed by atoms with Crippen molar-refractivity contribution in [3.8, 4) is 5.75 Å². The second-order valence-corrected chi connectivity index (χ2v) is 6.54. The van der Waals surface area contributed by atoms with Gasteiger partial charge in [-0.25, -0.2) is 4.79 Å². The number of benzene rings is 1. The molecule has 132 valence electrons. The lowest BCUT2D eigenvalue weighted by Gasteiger charge is -2.37. The molecule has 2 heterocycles. The Labute approximate surface area is 143 Å². The number of likely N-dealkylation sites (N-methyl/N-ethyl adjacent to an activating group) is 2. The zero-order valence-electron chi connectivity index (χ0n) is 14.5. The molecule has 24 heavy (non-hydrogen) atoms. The lowest BCUT2D eigenvalue weighted by atomic mass is 10.1. The molecule has 1 saturated heterocycles. The van der Waals surface area contributed by atoms with Crippen molar-refractivity contribution in [2.24, 2.45) is 5.92 Å². The van der Waals surface area contributed by atoms with E-state index >= 15 is 0 Å². The molecule has 0 aromatic heterocycles. The lowest BCUT2D eigenvalue weighted by molar-refractivity contribution is 0.144. The van der Waals surface area contributed by atoms with E-state index in [0.29, 0.717) is 19.0 Å². The smallest absolute Gasteiger partial charge is 0.317 e. The van der Waals surface area contributed by atoms with Gasteiger partial charge in [-0.15, -0.1) is 0 Å². The Morgan fingerprint density at radius 2 is 2.25 bits per heavy atom. The highest BCUT2D eigenvalue weighted by Crippen LogP contribution is 2.32. The summed E-state index contributed by atoms with van der Waals surface area (Å²) in [5, 5.41) is 3.00. The number of nitrogens with zero attached hydrogens (tertiary/aromatic N) is 2. The van der Waals surface area contributed by atoms with Crippen LogP contribution in [0, 0.1) is 5.92 Å². The van der Waals surface area contributed by atoms with E-state index in [2.05, 4.69) is 23.2 Å². The SMILES string of the molecule is CCN1C[C@H](CN(C)C(=O)NC[C@H]2CCOC2)Oc2ccccc21. The highest BCUT2D eigenvalue weighted by Gasteiger charge is 2.27. The van der Waals surface area contributed by atoms with Gasteiger partial charge in [0, 0.05) is 32.7 Å². The van der Waals surface area contributed by atoms with Gasteiger partial charge >= 0.3 is 6.03 Å². The predicted octanol–water partition coefficient (Wildman–Crippen LogP) is 1.95. The van der Waals surface area contributed by atoms with Gasteiger partial charge in [0.2, 0.25) is 0 Å². The third kappa shape index (κ3) is 3.93. The first-order valence-electron chi connectivity index (χ1n) is 8.74. The number of rotatable bonds is 5. The third-order valence-electron chi connectivity index (χ3n) is 4.70. The van der Waals surface area contributed by atoms with Crippen molar-refractivity contribution in [3.63, 3.8) is 0 Å². The van der Waals surface area contributed by atoms with E-state index < -0.39 is 0 Å². The Morgan fingerprint density at radius 3 is 3.00 bits per heavy atom. The quantitative estimate of drug-likeness (QED) is 0.895. The molecule has 1 aromatic rings. The fourth-order valence-electron chi connectivity index (χ4n) is 3.27. The van der Waals surface area contributed by atoms with E-state index in [1.54, 1.807) is 4.90 Å². The molecule has 0 aliphatic carbocycles. The maximum Gasteiger partial charge on any atom is 0.317 e. The van der Waals surface area contributed by atoms with Gasteiger partial charge in [-0.1, -0.05) is 12.1 Å². The number of ether oxygens (including phenoxy) is 2. The fourth-order valence-corrected chi connectivity index (χ4v) is 3.27. The molecular weight excluding hydrogens is 306 g/mol. The molecule has 2 aliphatic heterocycles. The van der Waals surface area contributed by atoms with Gasteiger partial charge in [-0.3, -0.25) is 0 Å². The Bertz CT molecular complexity index is 560. The van der Waals surface area contributed by atoms with Crippen molar-refractivity contribution in [1.29, 1.82) is 0 Å². The second-order valence-electron chi connectivity index (χ2n) is 6.54. The zero-order chi connectivity index (χ0) is 16.9. The molecule has 2 atom stereocenters. The molecule has 0 bridgehead atoms. The Balaban J connectivity index is 1.52. The van der Waals surface area contributed by atoms with E-state index in [4.69, 9.17) is 9.47 Å². The van der Waals surface area contributed by atoms with Crippen LogP contribution < -0.4 is 15.0 Å². The number of urea groups is 1. The van der Waals surface area contributed by atoms with Crippen LogP contribution in [0.1, 0.15) is 13.3 Å². The molecule has 0 saturated carbocycles. The van der Waals surface area contributed by atoms with E-state index in [9.17, 15) is 4.79 Å². The number of carbonyl (C=O) groups excluding carboxylic acids is 1. The summed E-state index contributed by atoms with van der Waals surface area (Å²) in [6, 6.07) is 8.03. The molecule has 0 radical (unpaired) electrons. The zero-order valence-corrected chi connectivity index (χ0v) is 14.5. The highest BCUT2D eigenvalue weighted by atomic mass is 16.5. The number of para-hydroxylation sites is 2. The fraction of sp³-hybridized carbons (Fsp3) is 0.611. The largest absolute Gasteiger partial charge is 0.485 e. The van der Waals surface area contributed by atoms with Gasteiger partial charge in [-0.2, -0.15) is 0 Å². The van der Waals surface area contributed by atoms with Crippen LogP contribution in [0.2, 0.25) is 0 Å². The monoisotopic (exact) mass is 333 g/mol.